The number of pyridine rings is 1. The Kier molecular flexibility index (Phi) is 4.54. The van der Waals surface area contributed by atoms with Gasteiger partial charge in [-0.05, 0) is 25.1 Å². The van der Waals surface area contributed by atoms with Gasteiger partial charge in [0.15, 0.2) is 0 Å². The van der Waals surface area contributed by atoms with Gasteiger partial charge in [-0.25, -0.2) is 10.8 Å². The van der Waals surface area contributed by atoms with Crippen LogP contribution in [0.1, 0.15) is 17.3 Å². The SMILES string of the molecule is CC(Cn1cccn1)NC(=O)c1cc(Cl)nc(NN)c1. The van der Waals surface area contributed by atoms with Crippen LogP contribution in [-0.4, -0.2) is 26.7 Å². The van der Waals surface area contributed by atoms with Crippen molar-refractivity contribution < 1.29 is 4.79 Å². The first-order valence-electron chi connectivity index (χ1n) is 6.01. The first-order valence-corrected chi connectivity index (χ1v) is 6.39. The topological polar surface area (TPSA) is 97.9 Å². The van der Waals surface area contributed by atoms with Crippen molar-refractivity contribution in [2.24, 2.45) is 5.84 Å². The number of hydrazine groups is 1. The highest BCUT2D eigenvalue weighted by atomic mass is 35.5. The molecular weight excluding hydrogens is 280 g/mol. The summed E-state index contributed by atoms with van der Waals surface area (Å²) < 4.78 is 1.75. The van der Waals surface area contributed by atoms with Gasteiger partial charge in [-0.15, -0.1) is 0 Å². The van der Waals surface area contributed by atoms with E-state index in [1.54, 1.807) is 10.9 Å². The van der Waals surface area contributed by atoms with E-state index >= 15 is 0 Å². The van der Waals surface area contributed by atoms with E-state index in [-0.39, 0.29) is 17.1 Å². The normalized spacial score (nSPS) is 11.9. The molecule has 8 heteroatoms. The van der Waals surface area contributed by atoms with Crippen LogP contribution in [0.25, 0.3) is 0 Å². The molecule has 106 valence electrons. The summed E-state index contributed by atoms with van der Waals surface area (Å²) in [6.45, 7) is 2.48. The lowest BCUT2D eigenvalue weighted by atomic mass is 10.2. The van der Waals surface area contributed by atoms with Crippen LogP contribution in [0.3, 0.4) is 0 Å². The maximum atomic E-state index is 12.1. The van der Waals surface area contributed by atoms with Gasteiger partial charge in [0.1, 0.15) is 11.0 Å². The summed E-state index contributed by atoms with van der Waals surface area (Å²) in [4.78, 5) is 16.0. The Morgan fingerprint density at radius 1 is 1.55 bits per heavy atom. The summed E-state index contributed by atoms with van der Waals surface area (Å²) in [7, 11) is 0. The fourth-order valence-corrected chi connectivity index (χ4v) is 1.95. The van der Waals surface area contributed by atoms with Gasteiger partial charge < -0.3 is 10.7 Å². The smallest absolute Gasteiger partial charge is 0.251 e. The van der Waals surface area contributed by atoms with Gasteiger partial charge in [-0.3, -0.25) is 9.48 Å². The second-order valence-electron chi connectivity index (χ2n) is 4.31. The number of nitrogens with zero attached hydrogens (tertiary/aromatic N) is 3. The van der Waals surface area contributed by atoms with Crippen molar-refractivity contribution >= 4 is 23.3 Å². The highest BCUT2D eigenvalue weighted by molar-refractivity contribution is 6.29. The number of carbonyl (C=O) groups excluding carboxylic acids is 1. The Morgan fingerprint density at radius 3 is 3.00 bits per heavy atom. The molecule has 0 spiro atoms. The number of amides is 1. The number of carbonyl (C=O) groups is 1. The second-order valence-corrected chi connectivity index (χ2v) is 4.70. The van der Waals surface area contributed by atoms with Crippen molar-refractivity contribution in [2.75, 3.05) is 5.43 Å². The molecule has 0 aromatic carbocycles. The Morgan fingerprint density at radius 2 is 2.35 bits per heavy atom. The number of halogens is 1. The molecule has 2 rings (SSSR count). The summed E-state index contributed by atoms with van der Waals surface area (Å²) in [5.41, 5.74) is 2.76. The molecule has 20 heavy (non-hydrogen) atoms. The number of hydrogen-bond donors (Lipinski definition) is 3. The van der Waals surface area contributed by atoms with E-state index < -0.39 is 0 Å². The first-order chi connectivity index (χ1) is 9.58. The molecule has 2 aromatic rings. The maximum absolute atomic E-state index is 12.1. The molecule has 2 aromatic heterocycles. The molecule has 0 aliphatic heterocycles. The van der Waals surface area contributed by atoms with Crippen molar-refractivity contribution in [3.63, 3.8) is 0 Å². The first kappa shape index (κ1) is 14.3. The van der Waals surface area contributed by atoms with E-state index in [0.29, 0.717) is 17.9 Å². The Hall–Kier alpha value is -2.12. The van der Waals surface area contributed by atoms with Gasteiger partial charge in [0.05, 0.1) is 6.54 Å². The van der Waals surface area contributed by atoms with Gasteiger partial charge in [0.25, 0.3) is 5.91 Å². The number of nitrogen functional groups attached to an aromatic ring is 1. The van der Waals surface area contributed by atoms with Crippen LogP contribution >= 0.6 is 11.6 Å². The lowest BCUT2D eigenvalue weighted by molar-refractivity contribution is 0.0936. The average Bonchev–Trinajstić information content (AvgIpc) is 2.90. The number of nitrogens with two attached hydrogens (primary N) is 1. The monoisotopic (exact) mass is 294 g/mol. The lowest BCUT2D eigenvalue weighted by Crippen LogP contribution is -2.35. The molecule has 1 unspecified atom stereocenters. The fourth-order valence-electron chi connectivity index (χ4n) is 1.74. The van der Waals surface area contributed by atoms with Crippen molar-refractivity contribution in [3.8, 4) is 0 Å². The summed E-state index contributed by atoms with van der Waals surface area (Å²) in [6.07, 6.45) is 3.53. The quantitative estimate of drug-likeness (QED) is 0.435. The number of aromatic nitrogens is 3. The van der Waals surface area contributed by atoms with Crippen LogP contribution < -0.4 is 16.6 Å². The minimum atomic E-state index is -0.245. The lowest BCUT2D eigenvalue weighted by Gasteiger charge is -2.14. The molecule has 4 N–H and O–H groups in total. The van der Waals surface area contributed by atoms with Crippen molar-refractivity contribution in [1.29, 1.82) is 0 Å². The van der Waals surface area contributed by atoms with Crippen LogP contribution in [-0.2, 0) is 6.54 Å². The average molecular weight is 295 g/mol. The van der Waals surface area contributed by atoms with E-state index in [1.807, 2.05) is 19.2 Å². The van der Waals surface area contributed by atoms with Crippen molar-refractivity contribution in [2.45, 2.75) is 19.5 Å². The molecule has 0 aliphatic carbocycles. The van der Waals surface area contributed by atoms with Crippen molar-refractivity contribution in [3.05, 3.63) is 41.3 Å². The summed E-state index contributed by atoms with van der Waals surface area (Å²) >= 11 is 5.82. The standard InChI is InChI=1S/C12H15ClN6O/c1-8(7-19-4-2-3-15-19)16-12(20)9-5-10(13)17-11(6-9)18-14/h2-6,8H,7,14H2,1H3,(H,16,20)(H,17,18). The van der Waals surface area contributed by atoms with Crippen LogP contribution in [0, 0.1) is 0 Å². The third-order valence-electron chi connectivity index (χ3n) is 2.60. The molecular formula is C12H15ClN6O. The second kappa shape index (κ2) is 6.36. The highest BCUT2D eigenvalue weighted by Crippen LogP contribution is 2.13. The van der Waals surface area contributed by atoms with E-state index in [1.165, 1.54) is 12.1 Å². The van der Waals surface area contributed by atoms with Crippen LogP contribution in [0.15, 0.2) is 30.6 Å². The maximum Gasteiger partial charge on any atom is 0.251 e. The predicted molar refractivity (Wildman–Crippen MR) is 76.2 cm³/mol. The molecule has 0 saturated carbocycles. The van der Waals surface area contributed by atoms with Gasteiger partial charge in [-0.2, -0.15) is 5.10 Å². The fraction of sp³-hybridized carbons (Fsp3) is 0.250. The third-order valence-corrected chi connectivity index (χ3v) is 2.80. The molecule has 0 fully saturated rings. The van der Waals surface area contributed by atoms with Gasteiger partial charge >= 0.3 is 0 Å². The molecule has 1 atom stereocenters. The summed E-state index contributed by atoms with van der Waals surface area (Å²) in [5.74, 6) is 5.36. The summed E-state index contributed by atoms with van der Waals surface area (Å²) in [6, 6.07) is 4.76. The van der Waals surface area contributed by atoms with Gasteiger partial charge in [0.2, 0.25) is 0 Å². The zero-order chi connectivity index (χ0) is 14.5. The van der Waals surface area contributed by atoms with Crippen LogP contribution in [0.2, 0.25) is 5.15 Å². The number of rotatable bonds is 5. The zero-order valence-corrected chi connectivity index (χ0v) is 11.6. The molecule has 7 nitrogen and oxygen atoms in total. The molecule has 0 aliphatic rings. The Balaban J connectivity index is 2.02. The molecule has 0 bridgehead atoms. The number of hydrogen-bond acceptors (Lipinski definition) is 5. The molecule has 0 radical (unpaired) electrons. The van der Waals surface area contributed by atoms with E-state index in [0.717, 1.165) is 0 Å². The molecule has 0 saturated heterocycles. The van der Waals surface area contributed by atoms with E-state index in [9.17, 15) is 4.79 Å². The summed E-state index contributed by atoms with van der Waals surface area (Å²) in [5, 5.41) is 7.14. The van der Waals surface area contributed by atoms with E-state index in [4.69, 9.17) is 17.4 Å². The number of nitrogens with one attached hydrogen (secondary N) is 2. The molecule has 2 heterocycles. The van der Waals surface area contributed by atoms with Gasteiger partial charge in [-0.1, -0.05) is 11.6 Å². The minimum absolute atomic E-state index is 0.0800. The van der Waals surface area contributed by atoms with Gasteiger partial charge in [0, 0.05) is 24.0 Å². The van der Waals surface area contributed by atoms with E-state index in [2.05, 4.69) is 20.8 Å². The van der Waals surface area contributed by atoms with Crippen LogP contribution in [0.4, 0.5) is 5.82 Å². The molecule has 1 amide bonds. The highest BCUT2D eigenvalue weighted by Gasteiger charge is 2.12. The number of anilines is 1. The Labute approximate surface area is 121 Å². The van der Waals surface area contributed by atoms with Crippen LogP contribution in [0.5, 0.6) is 0 Å². The zero-order valence-electron chi connectivity index (χ0n) is 10.9. The Bertz CT molecular complexity index is 586. The largest absolute Gasteiger partial charge is 0.348 e. The minimum Gasteiger partial charge on any atom is -0.348 e. The third kappa shape index (κ3) is 3.69. The predicted octanol–water partition coefficient (Wildman–Crippen LogP) is 1.04. The van der Waals surface area contributed by atoms with Crippen molar-refractivity contribution in [1.82, 2.24) is 20.1 Å².